The fourth-order valence-electron chi connectivity index (χ4n) is 2.38. The molecule has 0 unspecified atom stereocenters. The molecule has 0 radical (unpaired) electrons. The van der Waals surface area contributed by atoms with Crippen molar-refractivity contribution in [3.05, 3.63) is 35.9 Å². The normalized spacial score (nSPS) is 15.0. The van der Waals surface area contributed by atoms with Crippen LogP contribution in [0.1, 0.15) is 53.5 Å². The van der Waals surface area contributed by atoms with Crippen molar-refractivity contribution in [2.45, 2.75) is 96.8 Å². The number of rotatable bonds is 10. The monoisotopic (exact) mass is 457 g/mol. The summed E-state index contributed by atoms with van der Waals surface area (Å²) in [6, 6.07) is 10.5. The maximum Gasteiger partial charge on any atom is 0.192 e. The van der Waals surface area contributed by atoms with Gasteiger partial charge in [0.1, 0.15) is 0 Å². The molecular weight excluding hydrogens is 414 g/mol. The summed E-state index contributed by atoms with van der Waals surface area (Å²) in [5, 5.41) is 0.399. The Hall–Kier alpha value is -0.176. The molecule has 0 aliphatic carbocycles. The van der Waals surface area contributed by atoms with E-state index in [1.165, 1.54) is 5.56 Å². The third-order valence-corrected chi connectivity index (χ3v) is 16.2. The Morgan fingerprint density at radius 1 is 0.862 bits per heavy atom. The zero-order valence-corrected chi connectivity index (χ0v) is 23.2. The van der Waals surface area contributed by atoms with Gasteiger partial charge in [-0.15, -0.1) is 0 Å². The van der Waals surface area contributed by atoms with Gasteiger partial charge in [0.2, 0.25) is 0 Å². The standard InChI is InChI=1S/C23H44ClNO2Si2/c1-22(2,3)28(7,8)26-17-16-21(19-27-29(9,10)23(4,5)6)25(24)18-20-14-12-11-13-15-20/h11-15,21H,16-19H2,1-10H3/t21-/m0/s1. The topological polar surface area (TPSA) is 21.7 Å². The third-order valence-electron chi connectivity index (χ3n) is 6.74. The lowest BCUT2D eigenvalue weighted by molar-refractivity contribution is 0.158. The molecule has 1 aromatic rings. The van der Waals surface area contributed by atoms with Crippen molar-refractivity contribution in [2.75, 3.05) is 13.2 Å². The van der Waals surface area contributed by atoms with Crippen LogP contribution >= 0.6 is 11.8 Å². The molecule has 1 aromatic carbocycles. The van der Waals surface area contributed by atoms with E-state index < -0.39 is 16.6 Å². The second kappa shape index (κ2) is 10.4. The summed E-state index contributed by atoms with van der Waals surface area (Å²) in [7, 11) is -3.59. The summed E-state index contributed by atoms with van der Waals surface area (Å²) >= 11 is 6.79. The SMILES string of the molecule is CC(C)(C)[Si](C)(C)OCC[C@@H](CO[Si](C)(C)C(C)(C)C)N(Cl)Cc1ccccc1. The quantitative estimate of drug-likeness (QED) is 0.269. The summed E-state index contributed by atoms with van der Waals surface area (Å²) in [4.78, 5) is 0. The van der Waals surface area contributed by atoms with Gasteiger partial charge in [0.15, 0.2) is 16.6 Å². The molecule has 6 heteroatoms. The molecule has 0 heterocycles. The average Bonchev–Trinajstić information content (AvgIpc) is 2.56. The van der Waals surface area contributed by atoms with E-state index in [9.17, 15) is 0 Å². The van der Waals surface area contributed by atoms with Crippen molar-refractivity contribution in [3.63, 3.8) is 0 Å². The van der Waals surface area contributed by atoms with Crippen molar-refractivity contribution in [3.8, 4) is 0 Å². The van der Waals surface area contributed by atoms with Gasteiger partial charge in [0.05, 0.1) is 6.61 Å². The van der Waals surface area contributed by atoms with E-state index in [0.29, 0.717) is 13.2 Å². The highest BCUT2D eigenvalue weighted by Gasteiger charge is 2.39. The molecule has 3 nitrogen and oxygen atoms in total. The van der Waals surface area contributed by atoms with Crippen LogP contribution in [0.5, 0.6) is 0 Å². The van der Waals surface area contributed by atoms with Gasteiger partial charge in [-0.2, -0.15) is 0 Å². The molecule has 1 atom stereocenters. The number of hydrogen-bond donors (Lipinski definition) is 0. The first kappa shape index (κ1) is 26.9. The summed E-state index contributed by atoms with van der Waals surface area (Å²) < 4.78 is 14.9. The molecule has 0 aliphatic rings. The van der Waals surface area contributed by atoms with E-state index in [1.54, 1.807) is 0 Å². The second-order valence-electron chi connectivity index (χ2n) is 11.2. The maximum atomic E-state index is 6.79. The van der Waals surface area contributed by atoms with Gasteiger partial charge in [0, 0.05) is 19.2 Å². The highest BCUT2D eigenvalue weighted by atomic mass is 35.5. The zero-order valence-electron chi connectivity index (χ0n) is 20.4. The Balaban J connectivity index is 2.82. The Kier molecular flexibility index (Phi) is 9.65. The van der Waals surface area contributed by atoms with Crippen LogP contribution in [0.2, 0.25) is 36.3 Å². The third kappa shape index (κ3) is 8.46. The van der Waals surface area contributed by atoms with Crippen molar-refractivity contribution >= 4 is 28.4 Å². The first-order valence-electron chi connectivity index (χ1n) is 10.8. The first-order valence-corrected chi connectivity index (χ1v) is 17.0. The average molecular weight is 458 g/mol. The highest BCUT2D eigenvalue weighted by molar-refractivity contribution is 6.74. The number of halogens is 1. The first-order chi connectivity index (χ1) is 13.1. The van der Waals surface area contributed by atoms with Gasteiger partial charge in [-0.05, 0) is 60.0 Å². The molecule has 0 aliphatic heterocycles. The summed E-state index contributed by atoms with van der Waals surface area (Å²) in [5.74, 6) is 0. The molecule has 0 N–H and O–H groups in total. The van der Waals surface area contributed by atoms with E-state index in [2.05, 4.69) is 92.0 Å². The van der Waals surface area contributed by atoms with E-state index in [0.717, 1.165) is 13.0 Å². The minimum absolute atomic E-state index is 0.121. The molecule has 0 saturated heterocycles. The second-order valence-corrected chi connectivity index (χ2v) is 21.2. The minimum atomic E-state index is -1.83. The lowest BCUT2D eigenvalue weighted by Crippen LogP contribution is -2.45. The van der Waals surface area contributed by atoms with Crippen LogP contribution in [-0.2, 0) is 15.4 Å². The zero-order chi connectivity index (χ0) is 22.5. The van der Waals surface area contributed by atoms with E-state index in [-0.39, 0.29) is 16.1 Å². The Morgan fingerprint density at radius 2 is 1.34 bits per heavy atom. The molecule has 0 aromatic heterocycles. The van der Waals surface area contributed by atoms with Gasteiger partial charge in [-0.1, -0.05) is 71.9 Å². The van der Waals surface area contributed by atoms with Crippen molar-refractivity contribution < 1.29 is 8.85 Å². The minimum Gasteiger partial charge on any atom is -0.417 e. The van der Waals surface area contributed by atoms with Crippen LogP contribution in [0.25, 0.3) is 0 Å². The van der Waals surface area contributed by atoms with Gasteiger partial charge in [-0.3, -0.25) is 0 Å². The van der Waals surface area contributed by atoms with E-state index in [1.807, 2.05) is 10.5 Å². The predicted octanol–water partition coefficient (Wildman–Crippen LogP) is 7.44. The van der Waals surface area contributed by atoms with Crippen molar-refractivity contribution in [2.24, 2.45) is 0 Å². The van der Waals surface area contributed by atoms with Gasteiger partial charge >= 0.3 is 0 Å². The van der Waals surface area contributed by atoms with Crippen LogP contribution in [0, 0.1) is 0 Å². The van der Waals surface area contributed by atoms with Gasteiger partial charge in [-0.25, -0.2) is 4.42 Å². The van der Waals surface area contributed by atoms with Crippen molar-refractivity contribution in [1.82, 2.24) is 4.42 Å². The molecule has 168 valence electrons. The Labute approximate surface area is 187 Å². The largest absolute Gasteiger partial charge is 0.417 e. The number of benzene rings is 1. The van der Waals surface area contributed by atoms with Crippen LogP contribution in [0.15, 0.2) is 30.3 Å². The molecule has 0 spiro atoms. The Bertz CT molecular complexity index is 610. The van der Waals surface area contributed by atoms with Crippen LogP contribution in [0.3, 0.4) is 0 Å². The van der Waals surface area contributed by atoms with Crippen molar-refractivity contribution in [1.29, 1.82) is 0 Å². The summed E-state index contributed by atoms with van der Waals surface area (Å²) in [5.41, 5.74) is 1.21. The lowest BCUT2D eigenvalue weighted by Gasteiger charge is -2.39. The Morgan fingerprint density at radius 3 is 1.83 bits per heavy atom. The lowest BCUT2D eigenvalue weighted by atomic mass is 10.2. The van der Waals surface area contributed by atoms with Crippen LogP contribution < -0.4 is 0 Å². The smallest absolute Gasteiger partial charge is 0.192 e. The van der Waals surface area contributed by atoms with Crippen LogP contribution in [-0.4, -0.2) is 40.3 Å². The molecule has 0 saturated carbocycles. The number of nitrogens with zero attached hydrogens (tertiary/aromatic N) is 1. The number of hydrogen-bond acceptors (Lipinski definition) is 3. The van der Waals surface area contributed by atoms with E-state index >= 15 is 0 Å². The molecule has 0 fully saturated rings. The predicted molar refractivity (Wildman–Crippen MR) is 133 cm³/mol. The maximum absolute atomic E-state index is 6.79. The van der Waals surface area contributed by atoms with Crippen LogP contribution in [0.4, 0.5) is 0 Å². The van der Waals surface area contributed by atoms with Gasteiger partial charge < -0.3 is 8.85 Å². The fraction of sp³-hybridized carbons (Fsp3) is 0.739. The molecule has 0 amide bonds. The molecule has 29 heavy (non-hydrogen) atoms. The molecular formula is C23H44ClNO2Si2. The van der Waals surface area contributed by atoms with Gasteiger partial charge in [0.25, 0.3) is 0 Å². The fourth-order valence-corrected chi connectivity index (χ4v) is 4.77. The summed E-state index contributed by atoms with van der Waals surface area (Å²) in [6.07, 6.45) is 0.872. The highest BCUT2D eigenvalue weighted by Crippen LogP contribution is 2.38. The molecule has 0 bridgehead atoms. The van der Waals surface area contributed by atoms with E-state index in [4.69, 9.17) is 20.6 Å². The molecule has 1 rings (SSSR count). The summed E-state index contributed by atoms with van der Waals surface area (Å²) in [6.45, 7) is 24.9.